The van der Waals surface area contributed by atoms with E-state index in [1.54, 1.807) is 18.2 Å². The maximum Gasteiger partial charge on any atom is 0.231 e. The van der Waals surface area contributed by atoms with E-state index in [0.717, 1.165) is 0 Å². The molecule has 2 N–H and O–H groups in total. The Bertz CT molecular complexity index is 629. The van der Waals surface area contributed by atoms with E-state index in [4.69, 9.17) is 15.2 Å². The molecule has 0 aliphatic carbocycles. The van der Waals surface area contributed by atoms with E-state index in [-0.39, 0.29) is 18.3 Å². The van der Waals surface area contributed by atoms with Crippen LogP contribution >= 0.6 is 23.1 Å². The van der Waals surface area contributed by atoms with Gasteiger partial charge in [-0.25, -0.2) is 0 Å². The molecule has 0 fully saturated rings. The van der Waals surface area contributed by atoms with E-state index >= 15 is 0 Å². The van der Waals surface area contributed by atoms with Gasteiger partial charge in [0, 0.05) is 5.56 Å². The number of nitrogens with two attached hydrogens (primary N) is 1. The van der Waals surface area contributed by atoms with Crippen molar-refractivity contribution in [1.29, 1.82) is 0 Å². The number of nitrogen functional groups attached to an aromatic ring is 1. The lowest BCUT2D eigenvalue weighted by Gasteiger charge is -2.01. The number of hydrogen-bond donors (Lipinski definition) is 1. The summed E-state index contributed by atoms with van der Waals surface area (Å²) in [6.07, 6.45) is 0. The molecule has 0 saturated heterocycles. The van der Waals surface area contributed by atoms with Crippen LogP contribution < -0.4 is 15.2 Å². The number of hydrogen-bond acceptors (Lipinski definition) is 8. The molecule has 0 radical (unpaired) electrons. The van der Waals surface area contributed by atoms with Crippen LogP contribution in [0, 0.1) is 0 Å². The molecule has 8 heteroatoms. The summed E-state index contributed by atoms with van der Waals surface area (Å²) in [6.45, 7) is 0.200. The summed E-state index contributed by atoms with van der Waals surface area (Å²) in [5, 5.41) is 7.94. The van der Waals surface area contributed by atoms with Crippen LogP contribution in [0.25, 0.3) is 0 Å². The first kappa shape index (κ1) is 12.2. The van der Waals surface area contributed by atoms with Crippen LogP contribution in [0.1, 0.15) is 10.4 Å². The normalized spacial score (nSPS) is 12.6. The van der Waals surface area contributed by atoms with Crippen molar-refractivity contribution in [3.63, 3.8) is 0 Å². The standard InChI is InChI=1S/C11H9N3O3S2/c12-10-13-14-11(19-10)18-4-7(15)6-1-2-8-9(3-6)17-5-16-8/h1-3H,4-5H2,(H2,12,13). The largest absolute Gasteiger partial charge is 0.454 e. The summed E-state index contributed by atoms with van der Waals surface area (Å²) < 4.78 is 11.1. The quantitative estimate of drug-likeness (QED) is 0.680. The van der Waals surface area contributed by atoms with Gasteiger partial charge >= 0.3 is 0 Å². The second-order valence-electron chi connectivity index (χ2n) is 3.69. The minimum absolute atomic E-state index is 0.00271. The monoisotopic (exact) mass is 295 g/mol. The van der Waals surface area contributed by atoms with Gasteiger partial charge in [-0.2, -0.15) is 0 Å². The highest BCUT2D eigenvalue weighted by atomic mass is 32.2. The fourth-order valence-corrected chi connectivity index (χ4v) is 3.09. The molecule has 98 valence electrons. The van der Waals surface area contributed by atoms with Gasteiger partial charge in [-0.3, -0.25) is 4.79 Å². The summed E-state index contributed by atoms with van der Waals surface area (Å²) in [7, 11) is 0. The van der Waals surface area contributed by atoms with Gasteiger partial charge in [0.1, 0.15) is 0 Å². The number of benzene rings is 1. The molecule has 0 atom stereocenters. The average Bonchev–Trinajstić information content (AvgIpc) is 3.03. The molecule has 2 aromatic rings. The molecule has 3 rings (SSSR count). The van der Waals surface area contributed by atoms with Gasteiger partial charge in [0.05, 0.1) is 5.75 Å². The molecule has 2 heterocycles. The molecule has 0 saturated carbocycles. The van der Waals surface area contributed by atoms with Crippen molar-refractivity contribution in [3.8, 4) is 11.5 Å². The number of carbonyl (C=O) groups excluding carboxylic acids is 1. The first-order valence-corrected chi connectivity index (χ1v) is 7.17. The lowest BCUT2D eigenvalue weighted by Crippen LogP contribution is -2.02. The molecule has 1 aromatic carbocycles. The van der Waals surface area contributed by atoms with Crippen LogP contribution in [-0.4, -0.2) is 28.5 Å². The zero-order valence-electron chi connectivity index (χ0n) is 9.66. The van der Waals surface area contributed by atoms with Gasteiger partial charge in [0.15, 0.2) is 21.6 Å². The summed E-state index contributed by atoms with van der Waals surface area (Å²) >= 11 is 2.59. The number of fused-ring (bicyclic) bond motifs is 1. The number of carbonyl (C=O) groups is 1. The summed E-state index contributed by atoms with van der Waals surface area (Å²) in [4.78, 5) is 12.0. The predicted octanol–water partition coefficient (Wildman–Crippen LogP) is 1.82. The number of ketones is 1. The van der Waals surface area contributed by atoms with Gasteiger partial charge in [0.25, 0.3) is 0 Å². The minimum Gasteiger partial charge on any atom is -0.454 e. The van der Waals surface area contributed by atoms with Crippen LogP contribution in [0.2, 0.25) is 0 Å². The van der Waals surface area contributed by atoms with Crippen LogP contribution in [0.5, 0.6) is 11.5 Å². The van der Waals surface area contributed by atoms with Crippen molar-refractivity contribution < 1.29 is 14.3 Å². The fraction of sp³-hybridized carbons (Fsp3) is 0.182. The molecular weight excluding hydrogens is 286 g/mol. The van der Waals surface area contributed by atoms with Gasteiger partial charge in [-0.05, 0) is 18.2 Å². The Morgan fingerprint density at radius 3 is 3.00 bits per heavy atom. The van der Waals surface area contributed by atoms with Gasteiger partial charge in [-0.1, -0.05) is 23.1 Å². The second-order valence-corrected chi connectivity index (χ2v) is 5.92. The number of ether oxygens (including phenoxy) is 2. The highest BCUT2D eigenvalue weighted by Gasteiger charge is 2.16. The van der Waals surface area contributed by atoms with Crippen molar-refractivity contribution in [1.82, 2.24) is 10.2 Å². The third-order valence-corrected chi connectivity index (χ3v) is 4.33. The molecule has 19 heavy (non-hydrogen) atoms. The van der Waals surface area contributed by atoms with E-state index < -0.39 is 0 Å². The Hall–Kier alpha value is -1.80. The lowest BCUT2D eigenvalue weighted by molar-refractivity contribution is 0.102. The highest BCUT2D eigenvalue weighted by Crippen LogP contribution is 2.33. The average molecular weight is 295 g/mol. The number of aromatic nitrogens is 2. The molecule has 1 aromatic heterocycles. The SMILES string of the molecule is Nc1nnc(SCC(=O)c2ccc3c(c2)OCO3)s1. The third-order valence-electron chi connectivity index (χ3n) is 2.44. The van der Waals surface area contributed by atoms with Gasteiger partial charge in [-0.15, -0.1) is 10.2 Å². The zero-order valence-corrected chi connectivity index (χ0v) is 11.3. The molecule has 0 spiro atoms. The first-order chi connectivity index (χ1) is 9.22. The maximum absolute atomic E-state index is 12.0. The Labute approximate surface area is 116 Å². The Morgan fingerprint density at radius 2 is 2.21 bits per heavy atom. The van der Waals surface area contributed by atoms with Crippen LogP contribution in [0.4, 0.5) is 5.13 Å². The van der Waals surface area contributed by atoms with Crippen molar-refractivity contribution in [3.05, 3.63) is 23.8 Å². The Kier molecular flexibility index (Phi) is 3.26. The van der Waals surface area contributed by atoms with Crippen molar-refractivity contribution in [2.24, 2.45) is 0 Å². The van der Waals surface area contributed by atoms with Crippen LogP contribution in [-0.2, 0) is 0 Å². The molecular formula is C11H9N3O3S2. The summed E-state index contributed by atoms with van der Waals surface area (Å²) in [6, 6.07) is 5.16. The number of nitrogens with zero attached hydrogens (tertiary/aromatic N) is 2. The molecule has 0 unspecified atom stereocenters. The predicted molar refractivity (Wildman–Crippen MR) is 71.9 cm³/mol. The summed E-state index contributed by atoms with van der Waals surface area (Å²) in [5.74, 6) is 1.56. The zero-order chi connectivity index (χ0) is 13.2. The Morgan fingerprint density at radius 1 is 1.37 bits per heavy atom. The first-order valence-electron chi connectivity index (χ1n) is 5.37. The summed E-state index contributed by atoms with van der Waals surface area (Å²) in [5.41, 5.74) is 6.07. The number of thioether (sulfide) groups is 1. The van der Waals surface area contributed by atoms with Gasteiger partial charge in [0.2, 0.25) is 11.9 Å². The smallest absolute Gasteiger partial charge is 0.231 e. The second kappa shape index (κ2) is 5.06. The molecule has 1 aliphatic heterocycles. The number of anilines is 1. The third kappa shape index (κ3) is 2.64. The highest BCUT2D eigenvalue weighted by molar-refractivity contribution is 8.01. The minimum atomic E-state index is -0.00271. The molecule has 0 amide bonds. The van der Waals surface area contributed by atoms with Crippen molar-refractivity contribution in [2.75, 3.05) is 18.3 Å². The molecule has 0 bridgehead atoms. The topological polar surface area (TPSA) is 87.3 Å². The Balaban J connectivity index is 1.67. The number of rotatable bonds is 4. The van der Waals surface area contributed by atoms with Crippen LogP contribution in [0.15, 0.2) is 22.5 Å². The van der Waals surface area contributed by atoms with Crippen molar-refractivity contribution in [2.45, 2.75) is 4.34 Å². The van der Waals surface area contributed by atoms with E-state index in [0.29, 0.717) is 26.5 Å². The number of Topliss-reactive ketones (excluding diaryl/α,β-unsaturated/α-hetero) is 1. The van der Waals surface area contributed by atoms with E-state index in [2.05, 4.69) is 10.2 Å². The maximum atomic E-state index is 12.0. The van der Waals surface area contributed by atoms with E-state index in [1.807, 2.05) is 0 Å². The molecule has 1 aliphatic rings. The van der Waals surface area contributed by atoms with Crippen molar-refractivity contribution >= 4 is 34.0 Å². The lowest BCUT2D eigenvalue weighted by atomic mass is 10.1. The van der Waals surface area contributed by atoms with Crippen LogP contribution in [0.3, 0.4) is 0 Å². The van der Waals surface area contributed by atoms with E-state index in [9.17, 15) is 4.79 Å². The fourth-order valence-electron chi connectivity index (χ4n) is 1.56. The van der Waals surface area contributed by atoms with E-state index in [1.165, 1.54) is 23.1 Å². The molecule has 6 nitrogen and oxygen atoms in total. The van der Waals surface area contributed by atoms with Gasteiger partial charge < -0.3 is 15.2 Å².